The van der Waals surface area contributed by atoms with Gasteiger partial charge >= 0.3 is 0 Å². The first kappa shape index (κ1) is 11.9. The van der Waals surface area contributed by atoms with Crippen LogP contribution in [0, 0.1) is 36.4 Å². The summed E-state index contributed by atoms with van der Waals surface area (Å²) in [5.74, 6) is 2.53. The van der Waals surface area contributed by atoms with Gasteiger partial charge in [0.05, 0.1) is 5.60 Å². The van der Waals surface area contributed by atoms with Crippen molar-refractivity contribution in [3.8, 4) is 0 Å². The molecule has 0 aliphatic heterocycles. The number of halogens is 1. The van der Waals surface area contributed by atoms with Crippen molar-refractivity contribution >= 4 is 0 Å². The molecule has 3 aliphatic carbocycles. The van der Waals surface area contributed by atoms with Gasteiger partial charge in [-0.1, -0.05) is 18.6 Å². The van der Waals surface area contributed by atoms with Gasteiger partial charge in [0, 0.05) is 0 Å². The Balaban J connectivity index is 1.73. The minimum Gasteiger partial charge on any atom is -0.385 e. The van der Waals surface area contributed by atoms with E-state index in [1.54, 1.807) is 13.0 Å². The lowest BCUT2D eigenvalue weighted by Gasteiger charge is -2.39. The molecule has 1 aromatic carbocycles. The highest BCUT2D eigenvalue weighted by Gasteiger charge is 2.60. The van der Waals surface area contributed by atoms with Crippen LogP contribution < -0.4 is 0 Å². The van der Waals surface area contributed by atoms with Gasteiger partial charge in [0.2, 0.25) is 0 Å². The number of hydrogen-bond acceptors (Lipinski definition) is 1. The van der Waals surface area contributed by atoms with E-state index in [9.17, 15) is 9.50 Å². The topological polar surface area (TPSA) is 20.2 Å². The number of benzene rings is 1. The zero-order valence-corrected chi connectivity index (χ0v) is 11.4. The molecule has 19 heavy (non-hydrogen) atoms. The third-order valence-corrected chi connectivity index (χ3v) is 6.15. The first-order chi connectivity index (χ1) is 9.09. The molecule has 0 saturated heterocycles. The molecule has 5 atom stereocenters. The predicted molar refractivity (Wildman–Crippen MR) is 72.1 cm³/mol. The van der Waals surface area contributed by atoms with E-state index < -0.39 is 5.60 Å². The van der Waals surface area contributed by atoms with Crippen molar-refractivity contribution in [2.45, 2.75) is 44.6 Å². The SMILES string of the molecule is Cc1cc(C2(O)CC3CC2C2CCCC32)ccc1F. The number of fused-ring (bicyclic) bond motifs is 5. The predicted octanol–water partition coefficient (Wildman–Crippen LogP) is 3.78. The van der Waals surface area contributed by atoms with Crippen molar-refractivity contribution in [2.24, 2.45) is 23.7 Å². The molecule has 2 bridgehead atoms. The third-order valence-electron chi connectivity index (χ3n) is 6.15. The molecule has 0 amide bonds. The molecule has 102 valence electrons. The summed E-state index contributed by atoms with van der Waals surface area (Å²) in [6, 6.07) is 5.17. The van der Waals surface area contributed by atoms with Crippen molar-refractivity contribution in [3.05, 3.63) is 35.1 Å². The molecule has 0 heterocycles. The quantitative estimate of drug-likeness (QED) is 0.814. The molecule has 0 spiro atoms. The average molecular weight is 260 g/mol. The van der Waals surface area contributed by atoms with Gasteiger partial charge in [-0.05, 0) is 73.5 Å². The minimum atomic E-state index is -0.686. The molecule has 0 radical (unpaired) electrons. The highest BCUT2D eigenvalue weighted by Crippen LogP contribution is 2.65. The van der Waals surface area contributed by atoms with Gasteiger partial charge in [0.25, 0.3) is 0 Å². The first-order valence-electron chi connectivity index (χ1n) is 7.58. The summed E-state index contributed by atoms with van der Waals surface area (Å²) in [6.07, 6.45) is 6.06. The molecule has 4 rings (SSSR count). The number of hydrogen-bond donors (Lipinski definition) is 1. The van der Waals surface area contributed by atoms with E-state index in [1.807, 2.05) is 6.07 Å². The molecular formula is C17H21FO. The normalized spacial score (nSPS) is 43.7. The van der Waals surface area contributed by atoms with E-state index in [0.717, 1.165) is 17.9 Å². The summed E-state index contributed by atoms with van der Waals surface area (Å²) in [4.78, 5) is 0. The third kappa shape index (κ3) is 1.50. The smallest absolute Gasteiger partial charge is 0.126 e. The van der Waals surface area contributed by atoms with Gasteiger partial charge in [-0.3, -0.25) is 0 Å². The summed E-state index contributed by atoms with van der Waals surface area (Å²) in [7, 11) is 0. The molecule has 1 aromatic rings. The van der Waals surface area contributed by atoms with Crippen LogP contribution in [0.2, 0.25) is 0 Å². The van der Waals surface area contributed by atoms with Gasteiger partial charge < -0.3 is 5.11 Å². The van der Waals surface area contributed by atoms with Crippen LogP contribution in [-0.4, -0.2) is 5.11 Å². The second-order valence-corrected chi connectivity index (χ2v) is 6.95. The summed E-state index contributed by atoms with van der Waals surface area (Å²) < 4.78 is 13.4. The number of rotatable bonds is 1. The Morgan fingerprint density at radius 3 is 2.84 bits per heavy atom. The summed E-state index contributed by atoms with van der Waals surface area (Å²) >= 11 is 0. The molecule has 3 aliphatic rings. The van der Waals surface area contributed by atoms with Crippen LogP contribution in [0.4, 0.5) is 4.39 Å². The van der Waals surface area contributed by atoms with E-state index in [-0.39, 0.29) is 5.82 Å². The van der Waals surface area contributed by atoms with E-state index in [4.69, 9.17) is 0 Å². The van der Waals surface area contributed by atoms with Crippen LogP contribution in [0.15, 0.2) is 18.2 Å². The Labute approximate surface area is 113 Å². The van der Waals surface area contributed by atoms with E-state index in [0.29, 0.717) is 23.3 Å². The lowest BCUT2D eigenvalue weighted by atomic mass is 9.70. The molecule has 3 fully saturated rings. The molecule has 1 nitrogen and oxygen atoms in total. The fraction of sp³-hybridized carbons (Fsp3) is 0.647. The first-order valence-corrected chi connectivity index (χ1v) is 7.58. The zero-order chi connectivity index (χ0) is 13.2. The van der Waals surface area contributed by atoms with Crippen molar-refractivity contribution in [1.82, 2.24) is 0 Å². The average Bonchev–Trinajstić information content (AvgIpc) is 3.03. The van der Waals surface area contributed by atoms with E-state index in [1.165, 1.54) is 31.7 Å². The van der Waals surface area contributed by atoms with E-state index >= 15 is 0 Å². The van der Waals surface area contributed by atoms with Crippen molar-refractivity contribution in [2.75, 3.05) is 0 Å². The second-order valence-electron chi connectivity index (χ2n) is 6.95. The zero-order valence-electron chi connectivity index (χ0n) is 11.4. The Kier molecular flexibility index (Phi) is 2.39. The second kappa shape index (κ2) is 3.82. The fourth-order valence-corrected chi connectivity index (χ4v) is 5.36. The molecule has 3 saturated carbocycles. The fourth-order valence-electron chi connectivity index (χ4n) is 5.36. The van der Waals surface area contributed by atoms with Gasteiger partial charge in [-0.15, -0.1) is 0 Å². The maximum atomic E-state index is 13.4. The summed E-state index contributed by atoms with van der Waals surface area (Å²) in [5.41, 5.74) is 0.912. The molecule has 0 aromatic heterocycles. The van der Waals surface area contributed by atoms with Crippen molar-refractivity contribution in [3.63, 3.8) is 0 Å². The number of aliphatic hydroxyl groups is 1. The highest BCUT2D eigenvalue weighted by atomic mass is 19.1. The lowest BCUT2D eigenvalue weighted by molar-refractivity contribution is -0.0513. The standard InChI is InChI=1S/C17H21FO/c1-10-7-12(5-6-16(10)18)17(19)9-11-8-15(17)14-4-2-3-13(11)14/h5-7,11,13-15,19H,2-4,8-9H2,1H3. The molecule has 1 N–H and O–H groups in total. The summed E-state index contributed by atoms with van der Waals surface area (Å²) in [6.45, 7) is 1.79. The van der Waals surface area contributed by atoms with Crippen molar-refractivity contribution in [1.29, 1.82) is 0 Å². The van der Waals surface area contributed by atoms with Gasteiger partial charge in [0.1, 0.15) is 5.82 Å². The Bertz CT molecular complexity index is 526. The van der Waals surface area contributed by atoms with Gasteiger partial charge in [0.15, 0.2) is 0 Å². The van der Waals surface area contributed by atoms with Crippen LogP contribution in [0.3, 0.4) is 0 Å². The molecule has 2 heteroatoms. The van der Waals surface area contributed by atoms with Crippen LogP contribution in [0.25, 0.3) is 0 Å². The lowest BCUT2D eigenvalue weighted by Crippen LogP contribution is -2.39. The van der Waals surface area contributed by atoms with Gasteiger partial charge in [-0.2, -0.15) is 0 Å². The van der Waals surface area contributed by atoms with E-state index in [2.05, 4.69) is 0 Å². The Hall–Kier alpha value is -0.890. The van der Waals surface area contributed by atoms with Crippen LogP contribution in [-0.2, 0) is 5.60 Å². The van der Waals surface area contributed by atoms with Crippen LogP contribution in [0.5, 0.6) is 0 Å². The van der Waals surface area contributed by atoms with Crippen LogP contribution >= 0.6 is 0 Å². The highest BCUT2D eigenvalue weighted by molar-refractivity contribution is 5.32. The summed E-state index contributed by atoms with van der Waals surface area (Å²) in [5, 5.41) is 11.2. The Morgan fingerprint density at radius 1 is 1.26 bits per heavy atom. The minimum absolute atomic E-state index is 0.172. The van der Waals surface area contributed by atoms with Gasteiger partial charge in [-0.25, -0.2) is 4.39 Å². The molecule has 5 unspecified atom stereocenters. The number of aryl methyl sites for hydroxylation is 1. The maximum absolute atomic E-state index is 13.4. The molecular weight excluding hydrogens is 239 g/mol. The van der Waals surface area contributed by atoms with Crippen molar-refractivity contribution < 1.29 is 9.50 Å². The maximum Gasteiger partial charge on any atom is 0.126 e. The van der Waals surface area contributed by atoms with Crippen LogP contribution in [0.1, 0.15) is 43.2 Å². The largest absolute Gasteiger partial charge is 0.385 e. The Morgan fingerprint density at radius 2 is 2.05 bits per heavy atom. The monoisotopic (exact) mass is 260 g/mol.